The number of benzene rings is 3. The minimum atomic E-state index is 0.00483. The molecule has 0 aliphatic heterocycles. The molecule has 0 fully saturated rings. The van der Waals surface area contributed by atoms with Gasteiger partial charge in [-0.15, -0.1) is 0 Å². The molecule has 3 rings (SSSR count). The van der Waals surface area contributed by atoms with Crippen LogP contribution in [0.15, 0.2) is 48.5 Å². The molecule has 3 aromatic carbocycles. The van der Waals surface area contributed by atoms with Crippen molar-refractivity contribution in [3.05, 3.63) is 76.3 Å². The van der Waals surface area contributed by atoms with Gasteiger partial charge < -0.3 is 24.0 Å². The predicted octanol–water partition coefficient (Wildman–Crippen LogP) is 7.20. The summed E-state index contributed by atoms with van der Waals surface area (Å²) < 4.78 is 17.1. The number of ether oxygens (including phenoxy) is 3. The van der Waals surface area contributed by atoms with Gasteiger partial charge in [0, 0.05) is 43.5 Å². The Morgan fingerprint density at radius 1 is 0.595 bits per heavy atom. The van der Waals surface area contributed by atoms with Gasteiger partial charge in [-0.2, -0.15) is 0 Å². The van der Waals surface area contributed by atoms with Crippen molar-refractivity contribution in [1.29, 1.82) is 0 Å². The van der Waals surface area contributed by atoms with Gasteiger partial charge in [0.2, 0.25) is 5.75 Å². The smallest absolute Gasteiger partial charge is 0.203 e. The molecular formula is C32H44N2O3. The Morgan fingerprint density at radius 2 is 1.00 bits per heavy atom. The molecule has 0 aliphatic carbocycles. The number of anilines is 2. The quantitative estimate of drug-likeness (QED) is 0.244. The van der Waals surface area contributed by atoms with E-state index < -0.39 is 0 Å². The monoisotopic (exact) mass is 504 g/mol. The van der Waals surface area contributed by atoms with Crippen molar-refractivity contribution in [1.82, 2.24) is 0 Å². The van der Waals surface area contributed by atoms with Crippen molar-refractivity contribution in [2.75, 3.05) is 57.3 Å². The van der Waals surface area contributed by atoms with Crippen molar-refractivity contribution in [3.8, 4) is 17.2 Å². The molecule has 37 heavy (non-hydrogen) atoms. The summed E-state index contributed by atoms with van der Waals surface area (Å²) in [6.45, 7) is 17.2. The zero-order chi connectivity index (χ0) is 27.1. The molecule has 0 unspecified atom stereocenters. The number of rotatable bonds is 12. The summed E-state index contributed by atoms with van der Waals surface area (Å²) in [5.41, 5.74) is 8.66. The van der Waals surface area contributed by atoms with E-state index >= 15 is 0 Å². The molecule has 0 heterocycles. The van der Waals surface area contributed by atoms with Crippen LogP contribution in [0.4, 0.5) is 11.4 Å². The highest BCUT2D eigenvalue weighted by atomic mass is 16.5. The molecule has 0 amide bonds. The van der Waals surface area contributed by atoms with E-state index in [-0.39, 0.29) is 5.92 Å². The molecule has 200 valence electrons. The van der Waals surface area contributed by atoms with Crippen LogP contribution in [0.3, 0.4) is 0 Å². The van der Waals surface area contributed by atoms with Gasteiger partial charge in [-0.1, -0.05) is 12.1 Å². The summed E-state index contributed by atoms with van der Waals surface area (Å²) in [7, 11) is 4.98. The second-order valence-electron chi connectivity index (χ2n) is 9.32. The molecule has 0 saturated heterocycles. The Balaban J connectivity index is 2.27. The fourth-order valence-corrected chi connectivity index (χ4v) is 5.33. The molecule has 0 aromatic heterocycles. The lowest BCUT2D eigenvalue weighted by Crippen LogP contribution is -2.22. The van der Waals surface area contributed by atoms with E-state index in [0.717, 1.165) is 31.7 Å². The largest absolute Gasteiger partial charge is 0.493 e. The minimum absolute atomic E-state index is 0.00483. The molecule has 0 radical (unpaired) electrons. The Hall–Kier alpha value is -3.34. The Morgan fingerprint density at radius 3 is 1.30 bits per heavy atom. The Labute approximate surface area is 224 Å². The molecule has 0 aliphatic rings. The first-order valence-electron chi connectivity index (χ1n) is 13.4. The van der Waals surface area contributed by atoms with E-state index in [2.05, 4.69) is 99.9 Å². The first kappa shape index (κ1) is 28.2. The highest BCUT2D eigenvalue weighted by molar-refractivity contribution is 5.62. The third-order valence-electron chi connectivity index (χ3n) is 7.41. The second kappa shape index (κ2) is 12.8. The van der Waals surface area contributed by atoms with Gasteiger partial charge in [-0.3, -0.25) is 0 Å². The molecule has 3 aromatic rings. The average molecular weight is 505 g/mol. The van der Waals surface area contributed by atoms with Crippen LogP contribution in [0.2, 0.25) is 0 Å². The van der Waals surface area contributed by atoms with Gasteiger partial charge in [0.25, 0.3) is 0 Å². The van der Waals surface area contributed by atoms with Crippen molar-refractivity contribution in [2.45, 2.75) is 47.5 Å². The normalized spacial score (nSPS) is 11.0. The molecule has 0 spiro atoms. The first-order chi connectivity index (χ1) is 17.9. The fourth-order valence-electron chi connectivity index (χ4n) is 5.33. The molecule has 0 saturated carbocycles. The highest BCUT2D eigenvalue weighted by Crippen LogP contribution is 2.45. The van der Waals surface area contributed by atoms with E-state index in [1.54, 1.807) is 21.3 Å². The first-order valence-corrected chi connectivity index (χ1v) is 13.4. The maximum atomic E-state index is 5.74. The minimum Gasteiger partial charge on any atom is -0.493 e. The standard InChI is InChI=1S/C32H44N2O3/c1-10-33(11-2)25-14-16-27(22(5)18-25)31(24-20-29(35-7)32(37-9)30(21-24)36-8)28-17-15-26(19-23(28)6)34(12-3)13-4/h14-21,31H,10-13H2,1-9H3. The number of aryl methyl sites for hydroxylation is 2. The zero-order valence-corrected chi connectivity index (χ0v) is 24.1. The van der Waals surface area contributed by atoms with Crippen molar-refractivity contribution in [2.24, 2.45) is 0 Å². The van der Waals surface area contributed by atoms with Crippen LogP contribution < -0.4 is 24.0 Å². The number of hydrogen-bond donors (Lipinski definition) is 0. The molecular weight excluding hydrogens is 460 g/mol. The van der Waals surface area contributed by atoms with Crippen LogP contribution in [0.1, 0.15) is 61.4 Å². The summed E-state index contributed by atoms with van der Waals surface area (Å²) >= 11 is 0. The average Bonchev–Trinajstić information content (AvgIpc) is 2.91. The molecule has 0 N–H and O–H groups in total. The summed E-state index contributed by atoms with van der Waals surface area (Å²) in [6, 6.07) is 17.9. The van der Waals surface area contributed by atoms with Crippen molar-refractivity contribution >= 4 is 11.4 Å². The molecule has 0 atom stereocenters. The van der Waals surface area contributed by atoms with E-state index in [1.807, 2.05) is 0 Å². The number of nitrogens with zero attached hydrogens (tertiary/aromatic N) is 2. The van der Waals surface area contributed by atoms with Gasteiger partial charge in [-0.25, -0.2) is 0 Å². The van der Waals surface area contributed by atoms with Crippen LogP contribution in [0, 0.1) is 13.8 Å². The summed E-state index contributed by atoms with van der Waals surface area (Å²) in [5, 5.41) is 0. The maximum Gasteiger partial charge on any atom is 0.203 e. The molecule has 0 bridgehead atoms. The van der Waals surface area contributed by atoms with Crippen LogP contribution in [0.5, 0.6) is 17.2 Å². The van der Waals surface area contributed by atoms with Crippen molar-refractivity contribution in [3.63, 3.8) is 0 Å². The zero-order valence-electron chi connectivity index (χ0n) is 24.1. The number of methoxy groups -OCH3 is 3. The lowest BCUT2D eigenvalue weighted by Gasteiger charge is -2.28. The second-order valence-corrected chi connectivity index (χ2v) is 9.32. The van der Waals surface area contributed by atoms with E-state index in [1.165, 1.54) is 33.6 Å². The SMILES string of the molecule is CCN(CC)c1ccc(C(c2cc(OC)c(OC)c(OC)c2)c2ccc(N(CC)CC)cc2C)c(C)c1. The van der Waals surface area contributed by atoms with Gasteiger partial charge in [0.1, 0.15) is 0 Å². The van der Waals surface area contributed by atoms with E-state index in [4.69, 9.17) is 14.2 Å². The predicted molar refractivity (Wildman–Crippen MR) is 157 cm³/mol. The highest BCUT2D eigenvalue weighted by Gasteiger charge is 2.25. The van der Waals surface area contributed by atoms with Crippen LogP contribution in [-0.4, -0.2) is 47.5 Å². The summed E-state index contributed by atoms with van der Waals surface area (Å²) in [4.78, 5) is 4.77. The maximum absolute atomic E-state index is 5.74. The van der Waals surface area contributed by atoms with Crippen LogP contribution in [0.25, 0.3) is 0 Å². The van der Waals surface area contributed by atoms with E-state index in [0.29, 0.717) is 17.2 Å². The fraction of sp³-hybridized carbons (Fsp3) is 0.438. The summed E-state index contributed by atoms with van der Waals surface area (Å²) in [6.07, 6.45) is 0. The molecule has 5 nitrogen and oxygen atoms in total. The van der Waals surface area contributed by atoms with Crippen molar-refractivity contribution < 1.29 is 14.2 Å². The Bertz CT molecular complexity index is 1100. The Kier molecular flexibility index (Phi) is 9.73. The van der Waals surface area contributed by atoms with Gasteiger partial charge in [-0.05, 0) is 106 Å². The number of hydrogen-bond acceptors (Lipinski definition) is 5. The van der Waals surface area contributed by atoms with Gasteiger partial charge in [0.15, 0.2) is 11.5 Å². The lowest BCUT2D eigenvalue weighted by atomic mass is 9.80. The lowest BCUT2D eigenvalue weighted by molar-refractivity contribution is 0.323. The van der Waals surface area contributed by atoms with Gasteiger partial charge in [0.05, 0.1) is 21.3 Å². The van der Waals surface area contributed by atoms with Crippen LogP contribution in [-0.2, 0) is 0 Å². The third kappa shape index (κ3) is 5.82. The van der Waals surface area contributed by atoms with Crippen LogP contribution >= 0.6 is 0 Å². The third-order valence-corrected chi connectivity index (χ3v) is 7.41. The van der Waals surface area contributed by atoms with Gasteiger partial charge >= 0.3 is 0 Å². The van der Waals surface area contributed by atoms with E-state index in [9.17, 15) is 0 Å². The molecule has 5 heteroatoms. The summed E-state index contributed by atoms with van der Waals surface area (Å²) in [5.74, 6) is 1.94. The topological polar surface area (TPSA) is 34.2 Å².